The first-order valence-electron chi connectivity index (χ1n) is 7.36. The van der Waals surface area contributed by atoms with Gasteiger partial charge in [0.2, 0.25) is 0 Å². The zero-order valence-corrected chi connectivity index (χ0v) is 13.9. The zero-order valence-electron chi connectivity index (χ0n) is 13.1. The minimum Gasteiger partial charge on any atom is -0.467 e. The van der Waals surface area contributed by atoms with Gasteiger partial charge >= 0.3 is 0 Å². The molecule has 1 N–H and O–H groups in total. The smallest absolute Gasteiger partial charge is 0.270 e. The van der Waals surface area contributed by atoms with Crippen LogP contribution in [-0.2, 0) is 17.1 Å². The SMILES string of the molecule is CC1(C)CN=C(SCc2cc([N+](=O)[O-])cc3c2OCOC3)NC1. The van der Waals surface area contributed by atoms with Crippen LogP contribution in [0.1, 0.15) is 25.0 Å². The van der Waals surface area contributed by atoms with Crippen molar-refractivity contribution in [3.63, 3.8) is 0 Å². The second-order valence-electron chi connectivity index (χ2n) is 6.39. The molecule has 0 bridgehead atoms. The van der Waals surface area contributed by atoms with E-state index in [1.165, 1.54) is 17.8 Å². The molecule has 0 saturated heterocycles. The maximum Gasteiger partial charge on any atom is 0.270 e. The van der Waals surface area contributed by atoms with Crippen molar-refractivity contribution in [1.29, 1.82) is 0 Å². The largest absolute Gasteiger partial charge is 0.467 e. The summed E-state index contributed by atoms with van der Waals surface area (Å²) in [6.07, 6.45) is 0. The molecule has 8 heteroatoms. The molecular formula is C15H19N3O4S. The average Bonchev–Trinajstić information content (AvgIpc) is 2.53. The Bertz CT molecular complexity index is 660. The van der Waals surface area contributed by atoms with Gasteiger partial charge in [-0.1, -0.05) is 25.6 Å². The summed E-state index contributed by atoms with van der Waals surface area (Å²) in [5.74, 6) is 1.27. The molecule has 0 unspecified atom stereocenters. The van der Waals surface area contributed by atoms with E-state index >= 15 is 0 Å². The third-order valence-corrected chi connectivity index (χ3v) is 4.72. The molecule has 124 valence electrons. The number of thioether (sulfide) groups is 1. The molecule has 0 atom stereocenters. The predicted octanol–water partition coefficient (Wildman–Crippen LogP) is 2.68. The van der Waals surface area contributed by atoms with Gasteiger partial charge in [0.15, 0.2) is 12.0 Å². The fourth-order valence-corrected chi connectivity index (χ4v) is 3.29. The van der Waals surface area contributed by atoms with Crippen LogP contribution in [0.5, 0.6) is 5.75 Å². The summed E-state index contributed by atoms with van der Waals surface area (Å²) in [6.45, 7) is 6.49. The van der Waals surface area contributed by atoms with Gasteiger partial charge in [0, 0.05) is 47.5 Å². The van der Waals surface area contributed by atoms with Crippen molar-refractivity contribution in [2.24, 2.45) is 10.4 Å². The Morgan fingerprint density at radius 3 is 3.00 bits per heavy atom. The summed E-state index contributed by atoms with van der Waals surface area (Å²) < 4.78 is 10.8. The number of aliphatic imine (C=N–C) groups is 1. The Balaban J connectivity index is 1.78. The Morgan fingerprint density at radius 2 is 2.30 bits per heavy atom. The minimum atomic E-state index is -0.387. The number of hydrogen-bond donors (Lipinski definition) is 1. The number of non-ortho nitro benzene ring substituents is 1. The summed E-state index contributed by atoms with van der Waals surface area (Å²) in [7, 11) is 0. The molecular weight excluding hydrogens is 318 g/mol. The van der Waals surface area contributed by atoms with Gasteiger partial charge in [0.05, 0.1) is 11.5 Å². The predicted molar refractivity (Wildman–Crippen MR) is 88.8 cm³/mol. The average molecular weight is 337 g/mol. The quantitative estimate of drug-likeness (QED) is 0.674. The first-order valence-corrected chi connectivity index (χ1v) is 8.35. The van der Waals surface area contributed by atoms with E-state index in [2.05, 4.69) is 24.2 Å². The van der Waals surface area contributed by atoms with E-state index in [1.807, 2.05) is 0 Å². The Morgan fingerprint density at radius 1 is 1.48 bits per heavy atom. The number of nitrogens with zero attached hydrogens (tertiary/aromatic N) is 2. The molecule has 1 aromatic carbocycles. The second-order valence-corrected chi connectivity index (χ2v) is 7.35. The fourth-order valence-electron chi connectivity index (χ4n) is 2.45. The van der Waals surface area contributed by atoms with Gasteiger partial charge in [0.25, 0.3) is 5.69 Å². The molecule has 0 radical (unpaired) electrons. The topological polar surface area (TPSA) is 86.0 Å². The van der Waals surface area contributed by atoms with Crippen molar-refractivity contribution in [1.82, 2.24) is 5.32 Å². The van der Waals surface area contributed by atoms with Crippen molar-refractivity contribution >= 4 is 22.6 Å². The number of hydrogen-bond acceptors (Lipinski definition) is 7. The van der Waals surface area contributed by atoms with Crippen LogP contribution in [0.15, 0.2) is 17.1 Å². The Labute approximate surface area is 138 Å². The maximum atomic E-state index is 11.1. The first-order chi connectivity index (χ1) is 10.9. The van der Waals surface area contributed by atoms with Gasteiger partial charge in [-0.05, 0) is 0 Å². The van der Waals surface area contributed by atoms with Crippen LogP contribution in [0.4, 0.5) is 5.69 Å². The first kappa shape index (κ1) is 16.1. The molecule has 2 aliphatic rings. The second kappa shape index (κ2) is 6.37. The standard InChI is InChI=1S/C15H19N3O4S/c1-15(2)7-16-14(17-8-15)23-6-11-4-12(18(19)20)3-10-5-21-9-22-13(10)11/h3-4H,5-9H2,1-2H3,(H,16,17). The molecule has 7 nitrogen and oxygen atoms in total. The number of nitrogens with one attached hydrogen (secondary N) is 1. The van der Waals surface area contributed by atoms with Crippen LogP contribution in [0, 0.1) is 15.5 Å². The Kier molecular flexibility index (Phi) is 4.45. The van der Waals surface area contributed by atoms with Crippen LogP contribution >= 0.6 is 11.8 Å². The highest BCUT2D eigenvalue weighted by Gasteiger charge is 2.24. The van der Waals surface area contributed by atoms with Crippen LogP contribution in [-0.4, -0.2) is 30.0 Å². The van der Waals surface area contributed by atoms with Gasteiger partial charge in [-0.15, -0.1) is 0 Å². The number of rotatable bonds is 3. The number of amidine groups is 1. The normalized spacial score (nSPS) is 19.1. The van der Waals surface area contributed by atoms with E-state index in [-0.39, 0.29) is 22.8 Å². The summed E-state index contributed by atoms with van der Waals surface area (Å²) in [5, 5.41) is 15.3. The lowest BCUT2D eigenvalue weighted by Crippen LogP contribution is -2.39. The fraction of sp³-hybridized carbons (Fsp3) is 0.533. The highest BCUT2D eigenvalue weighted by molar-refractivity contribution is 8.13. The minimum absolute atomic E-state index is 0.0631. The van der Waals surface area contributed by atoms with E-state index < -0.39 is 0 Å². The van der Waals surface area contributed by atoms with E-state index in [0.717, 1.165) is 29.4 Å². The van der Waals surface area contributed by atoms with Gasteiger partial charge in [-0.3, -0.25) is 15.1 Å². The Hall–Kier alpha value is -1.80. The third-order valence-electron chi connectivity index (χ3n) is 3.72. The number of nitro benzene ring substituents is 1. The molecule has 0 amide bonds. The van der Waals surface area contributed by atoms with E-state index in [0.29, 0.717) is 18.1 Å². The van der Waals surface area contributed by atoms with Crippen LogP contribution in [0.2, 0.25) is 0 Å². The molecule has 23 heavy (non-hydrogen) atoms. The van der Waals surface area contributed by atoms with Gasteiger partial charge in [0.1, 0.15) is 5.75 Å². The third kappa shape index (κ3) is 3.76. The lowest BCUT2D eigenvalue weighted by atomic mass is 9.93. The summed E-state index contributed by atoms with van der Waals surface area (Å²) >= 11 is 1.54. The number of fused-ring (bicyclic) bond motifs is 1. The molecule has 0 spiro atoms. The molecule has 0 fully saturated rings. The maximum absolute atomic E-state index is 11.1. The molecule has 2 heterocycles. The van der Waals surface area contributed by atoms with Crippen LogP contribution in [0.3, 0.4) is 0 Å². The molecule has 0 aliphatic carbocycles. The van der Waals surface area contributed by atoms with E-state index in [9.17, 15) is 10.1 Å². The van der Waals surface area contributed by atoms with Crippen molar-refractivity contribution in [2.75, 3.05) is 19.9 Å². The molecule has 2 aliphatic heterocycles. The number of nitro groups is 1. The number of benzene rings is 1. The van der Waals surface area contributed by atoms with Crippen molar-refractivity contribution < 1.29 is 14.4 Å². The van der Waals surface area contributed by atoms with E-state index in [4.69, 9.17) is 9.47 Å². The lowest BCUT2D eigenvalue weighted by Gasteiger charge is -2.28. The molecule has 0 saturated carbocycles. The molecule has 1 aromatic rings. The highest BCUT2D eigenvalue weighted by Crippen LogP contribution is 2.35. The van der Waals surface area contributed by atoms with Gasteiger partial charge in [-0.2, -0.15) is 0 Å². The monoisotopic (exact) mass is 337 g/mol. The lowest BCUT2D eigenvalue weighted by molar-refractivity contribution is -0.385. The van der Waals surface area contributed by atoms with Crippen molar-refractivity contribution in [3.8, 4) is 5.75 Å². The van der Waals surface area contributed by atoms with Crippen LogP contribution < -0.4 is 10.1 Å². The zero-order chi connectivity index (χ0) is 16.4. The summed E-state index contributed by atoms with van der Waals surface area (Å²) in [4.78, 5) is 15.2. The molecule has 3 rings (SSSR count). The summed E-state index contributed by atoms with van der Waals surface area (Å²) in [5.41, 5.74) is 1.75. The van der Waals surface area contributed by atoms with Crippen LogP contribution in [0.25, 0.3) is 0 Å². The van der Waals surface area contributed by atoms with Gasteiger partial charge in [-0.25, -0.2) is 0 Å². The van der Waals surface area contributed by atoms with Crippen molar-refractivity contribution in [2.45, 2.75) is 26.2 Å². The van der Waals surface area contributed by atoms with Gasteiger partial charge < -0.3 is 14.8 Å². The van der Waals surface area contributed by atoms with E-state index in [1.54, 1.807) is 6.07 Å². The summed E-state index contributed by atoms with van der Waals surface area (Å²) in [6, 6.07) is 3.09. The number of ether oxygens (including phenoxy) is 2. The molecule has 0 aromatic heterocycles. The van der Waals surface area contributed by atoms with Crippen molar-refractivity contribution in [3.05, 3.63) is 33.4 Å². The highest BCUT2D eigenvalue weighted by atomic mass is 32.2.